The van der Waals surface area contributed by atoms with Gasteiger partial charge in [0.25, 0.3) is 0 Å². The van der Waals surface area contributed by atoms with Crippen LogP contribution in [-0.4, -0.2) is 6.03 Å². The van der Waals surface area contributed by atoms with Crippen molar-refractivity contribution in [3.8, 4) is 0 Å². The molecule has 1 aliphatic rings. The van der Waals surface area contributed by atoms with Crippen LogP contribution in [-0.2, 0) is 0 Å². The van der Waals surface area contributed by atoms with E-state index in [1.54, 1.807) is 0 Å². The van der Waals surface area contributed by atoms with Gasteiger partial charge >= 0.3 is 6.03 Å². The van der Waals surface area contributed by atoms with Crippen LogP contribution in [0.25, 0.3) is 0 Å². The highest BCUT2D eigenvalue weighted by Crippen LogP contribution is 2.30. The summed E-state index contributed by atoms with van der Waals surface area (Å²) in [4.78, 5) is 11.3. The number of amides is 2. The minimum Gasteiger partial charge on any atom is -0.331 e. The van der Waals surface area contributed by atoms with Crippen LogP contribution in [0.15, 0.2) is 22.7 Å². The Hall–Kier alpha value is -1.03. The zero-order chi connectivity index (χ0) is 10.1. The van der Waals surface area contributed by atoms with Crippen molar-refractivity contribution < 1.29 is 4.79 Å². The van der Waals surface area contributed by atoms with Crippen molar-refractivity contribution in [1.82, 2.24) is 5.32 Å². The lowest BCUT2D eigenvalue weighted by molar-refractivity contribution is 0.247. The molecule has 1 aromatic carbocycles. The van der Waals surface area contributed by atoms with E-state index in [1.165, 1.54) is 0 Å². The second-order valence-electron chi connectivity index (χ2n) is 3.29. The summed E-state index contributed by atoms with van der Waals surface area (Å²) in [6, 6.07) is 5.95. The highest BCUT2D eigenvalue weighted by atomic mass is 79.9. The Morgan fingerprint density at radius 3 is 3.00 bits per heavy atom. The molecule has 1 heterocycles. The molecule has 0 saturated carbocycles. The Morgan fingerprint density at radius 1 is 1.50 bits per heavy atom. The largest absolute Gasteiger partial charge is 0.331 e. The first kappa shape index (κ1) is 9.52. The smallest absolute Gasteiger partial charge is 0.319 e. The van der Waals surface area contributed by atoms with Crippen LogP contribution in [0, 0.1) is 0 Å². The van der Waals surface area contributed by atoms with Crippen molar-refractivity contribution in [1.29, 1.82) is 0 Å². The van der Waals surface area contributed by atoms with E-state index in [0.717, 1.165) is 22.1 Å². The highest BCUT2D eigenvalue weighted by Gasteiger charge is 2.22. The summed E-state index contributed by atoms with van der Waals surface area (Å²) < 4.78 is 0.980. The summed E-state index contributed by atoms with van der Waals surface area (Å²) in [5, 5.41) is 5.66. The fourth-order valence-electron chi connectivity index (χ4n) is 1.66. The van der Waals surface area contributed by atoms with E-state index in [9.17, 15) is 4.79 Å². The van der Waals surface area contributed by atoms with Gasteiger partial charge in [0.15, 0.2) is 0 Å². The Kier molecular flexibility index (Phi) is 2.46. The molecule has 2 N–H and O–H groups in total. The normalized spacial score (nSPS) is 19.6. The molecule has 14 heavy (non-hydrogen) atoms. The Labute approximate surface area is 91.0 Å². The highest BCUT2D eigenvalue weighted by molar-refractivity contribution is 9.10. The first-order chi connectivity index (χ1) is 6.70. The van der Waals surface area contributed by atoms with Crippen LogP contribution in [0.3, 0.4) is 0 Å². The summed E-state index contributed by atoms with van der Waals surface area (Å²) in [7, 11) is 0. The molecule has 0 bridgehead atoms. The van der Waals surface area contributed by atoms with Crippen molar-refractivity contribution >= 4 is 27.6 Å². The van der Waals surface area contributed by atoms with Gasteiger partial charge in [-0.05, 0) is 24.1 Å². The van der Waals surface area contributed by atoms with Gasteiger partial charge in [-0.15, -0.1) is 0 Å². The number of urea groups is 1. The Balaban J connectivity index is 2.45. The summed E-state index contributed by atoms with van der Waals surface area (Å²) in [6.07, 6.45) is 0.905. The second kappa shape index (κ2) is 3.61. The van der Waals surface area contributed by atoms with Gasteiger partial charge in [0, 0.05) is 10.2 Å². The maximum absolute atomic E-state index is 11.3. The average molecular weight is 255 g/mol. The zero-order valence-corrected chi connectivity index (χ0v) is 9.39. The SMILES string of the molecule is CCC1NC(=O)Nc2cc(Br)ccc21. The minimum atomic E-state index is -0.123. The van der Waals surface area contributed by atoms with Crippen molar-refractivity contribution in [2.45, 2.75) is 19.4 Å². The molecule has 1 unspecified atom stereocenters. The maximum atomic E-state index is 11.3. The van der Waals surface area contributed by atoms with Crippen molar-refractivity contribution in [3.63, 3.8) is 0 Å². The van der Waals surface area contributed by atoms with Crippen molar-refractivity contribution in [2.75, 3.05) is 5.32 Å². The molecular formula is C10H11BrN2O. The van der Waals surface area contributed by atoms with Crippen LogP contribution < -0.4 is 10.6 Å². The molecule has 0 radical (unpaired) electrons. The van der Waals surface area contributed by atoms with Gasteiger partial charge < -0.3 is 10.6 Å². The molecule has 2 rings (SSSR count). The third kappa shape index (κ3) is 1.62. The minimum absolute atomic E-state index is 0.123. The Morgan fingerprint density at radius 2 is 2.29 bits per heavy atom. The van der Waals surface area contributed by atoms with Gasteiger partial charge in [0.05, 0.1) is 6.04 Å². The quantitative estimate of drug-likeness (QED) is 0.795. The molecule has 3 nitrogen and oxygen atoms in total. The number of nitrogens with one attached hydrogen (secondary N) is 2. The molecule has 0 aliphatic carbocycles. The van der Waals surface area contributed by atoms with Crippen molar-refractivity contribution in [2.24, 2.45) is 0 Å². The molecular weight excluding hydrogens is 244 g/mol. The predicted molar refractivity (Wildman–Crippen MR) is 59.3 cm³/mol. The number of carbonyl (C=O) groups is 1. The molecule has 4 heteroatoms. The van der Waals surface area contributed by atoms with Crippen LogP contribution in [0.1, 0.15) is 24.9 Å². The van der Waals surface area contributed by atoms with E-state index in [0.29, 0.717) is 0 Å². The van der Waals surface area contributed by atoms with Gasteiger partial charge in [-0.2, -0.15) is 0 Å². The lowest BCUT2D eigenvalue weighted by atomic mass is 10.0. The summed E-state index contributed by atoms with van der Waals surface area (Å²) in [5.41, 5.74) is 2.05. The standard InChI is InChI=1S/C10H11BrN2O/c1-2-8-7-4-3-6(11)5-9(7)13-10(14)12-8/h3-5,8H,2H2,1H3,(H2,12,13,14). The molecule has 1 atom stereocenters. The number of fused-ring (bicyclic) bond motifs is 1. The topological polar surface area (TPSA) is 41.1 Å². The summed E-state index contributed by atoms with van der Waals surface area (Å²) >= 11 is 3.38. The summed E-state index contributed by atoms with van der Waals surface area (Å²) in [5.74, 6) is 0. The number of carbonyl (C=O) groups excluding carboxylic acids is 1. The zero-order valence-electron chi connectivity index (χ0n) is 7.80. The number of halogens is 1. The average Bonchev–Trinajstić information content (AvgIpc) is 2.15. The number of hydrogen-bond donors (Lipinski definition) is 2. The summed E-state index contributed by atoms with van der Waals surface area (Å²) in [6.45, 7) is 2.06. The fourth-order valence-corrected chi connectivity index (χ4v) is 2.02. The van der Waals surface area contributed by atoms with E-state index >= 15 is 0 Å². The van der Waals surface area contributed by atoms with Crippen molar-refractivity contribution in [3.05, 3.63) is 28.2 Å². The van der Waals surface area contributed by atoms with E-state index in [2.05, 4.69) is 33.5 Å². The number of rotatable bonds is 1. The van der Waals surface area contributed by atoms with Gasteiger partial charge in [-0.3, -0.25) is 0 Å². The number of hydrogen-bond acceptors (Lipinski definition) is 1. The van der Waals surface area contributed by atoms with E-state index in [-0.39, 0.29) is 12.1 Å². The molecule has 0 spiro atoms. The van der Waals surface area contributed by atoms with Crippen LogP contribution in [0.5, 0.6) is 0 Å². The number of anilines is 1. The lowest BCUT2D eigenvalue weighted by Crippen LogP contribution is -2.37. The molecule has 0 fully saturated rings. The van der Waals surface area contributed by atoms with E-state index in [4.69, 9.17) is 0 Å². The molecule has 1 aliphatic heterocycles. The lowest BCUT2D eigenvalue weighted by Gasteiger charge is -2.26. The molecule has 1 aromatic rings. The maximum Gasteiger partial charge on any atom is 0.319 e. The molecule has 74 valence electrons. The second-order valence-corrected chi connectivity index (χ2v) is 4.21. The van der Waals surface area contributed by atoms with Crippen LogP contribution in [0.4, 0.5) is 10.5 Å². The third-order valence-electron chi connectivity index (χ3n) is 2.35. The van der Waals surface area contributed by atoms with Crippen LogP contribution >= 0.6 is 15.9 Å². The van der Waals surface area contributed by atoms with E-state index in [1.807, 2.05) is 18.2 Å². The number of benzene rings is 1. The van der Waals surface area contributed by atoms with Crippen LogP contribution in [0.2, 0.25) is 0 Å². The van der Waals surface area contributed by atoms with Gasteiger partial charge in [-0.1, -0.05) is 28.9 Å². The van der Waals surface area contributed by atoms with Gasteiger partial charge in [0.2, 0.25) is 0 Å². The Bertz CT molecular complexity index is 378. The first-order valence-corrected chi connectivity index (χ1v) is 5.37. The van der Waals surface area contributed by atoms with Gasteiger partial charge in [0.1, 0.15) is 0 Å². The fraction of sp³-hybridized carbons (Fsp3) is 0.300. The van der Waals surface area contributed by atoms with Gasteiger partial charge in [-0.25, -0.2) is 4.79 Å². The molecule has 2 amide bonds. The predicted octanol–water partition coefficient (Wildman–Crippen LogP) is 3.04. The van der Waals surface area contributed by atoms with E-state index < -0.39 is 0 Å². The third-order valence-corrected chi connectivity index (χ3v) is 2.85. The molecule has 0 aromatic heterocycles. The molecule has 0 saturated heterocycles. The monoisotopic (exact) mass is 254 g/mol. The first-order valence-electron chi connectivity index (χ1n) is 4.57.